The lowest BCUT2D eigenvalue weighted by Gasteiger charge is -2.23. The number of hydrogen-bond acceptors (Lipinski definition) is 6. The molecule has 1 heterocycles. The van der Waals surface area contributed by atoms with E-state index in [1.807, 2.05) is 67.6 Å². The quantitative estimate of drug-likeness (QED) is 0.315. The molecular weight excluding hydrogens is 480 g/mol. The van der Waals surface area contributed by atoms with E-state index < -0.39 is 0 Å². The molecule has 1 atom stereocenters. The van der Waals surface area contributed by atoms with Crippen molar-refractivity contribution in [2.45, 2.75) is 13.0 Å². The number of para-hydroxylation sites is 3. The summed E-state index contributed by atoms with van der Waals surface area (Å²) in [6.07, 6.45) is 1.75. The van der Waals surface area contributed by atoms with E-state index in [9.17, 15) is 9.59 Å². The number of anilines is 1. The molecule has 3 aromatic carbocycles. The van der Waals surface area contributed by atoms with Gasteiger partial charge in [0.05, 0.1) is 23.7 Å². The second-order valence-corrected chi connectivity index (χ2v) is 9.39. The van der Waals surface area contributed by atoms with Gasteiger partial charge in [-0.2, -0.15) is 0 Å². The third-order valence-corrected chi connectivity index (χ3v) is 6.77. The van der Waals surface area contributed by atoms with Crippen LogP contribution in [0.4, 0.5) is 5.69 Å². The highest BCUT2D eigenvalue weighted by Crippen LogP contribution is 2.38. The zero-order valence-corrected chi connectivity index (χ0v) is 20.9. The van der Waals surface area contributed by atoms with Crippen molar-refractivity contribution in [1.29, 1.82) is 0 Å². The molecule has 0 spiro atoms. The molecule has 178 valence electrons. The van der Waals surface area contributed by atoms with Gasteiger partial charge in [-0.25, -0.2) is 0 Å². The van der Waals surface area contributed by atoms with Gasteiger partial charge >= 0.3 is 0 Å². The standard InChI is InChI=1S/C27H24N2O4S2/c1-18(19-10-4-3-5-11-19)29-26(31)24(35-27(29)34)16-20-12-6-8-14-22(20)33-17-25(30)28-21-13-7-9-15-23(21)32-2/h3-16,18H,17H2,1-2H3,(H,28,30)/b24-16-/t18-/m0/s1. The summed E-state index contributed by atoms with van der Waals surface area (Å²) in [6, 6.07) is 24.0. The number of thiocarbonyl (C=S) groups is 1. The molecule has 0 radical (unpaired) electrons. The zero-order valence-electron chi connectivity index (χ0n) is 19.3. The Morgan fingerprint density at radius 2 is 1.69 bits per heavy atom. The fourth-order valence-corrected chi connectivity index (χ4v) is 5.05. The van der Waals surface area contributed by atoms with E-state index in [0.717, 1.165) is 5.56 Å². The minimum atomic E-state index is -0.327. The van der Waals surface area contributed by atoms with E-state index in [1.54, 1.807) is 36.3 Å². The van der Waals surface area contributed by atoms with Crippen molar-refractivity contribution in [3.63, 3.8) is 0 Å². The fraction of sp³-hybridized carbons (Fsp3) is 0.148. The van der Waals surface area contributed by atoms with Crippen LogP contribution < -0.4 is 14.8 Å². The molecule has 2 amide bonds. The van der Waals surface area contributed by atoms with Crippen LogP contribution in [0, 0.1) is 0 Å². The maximum atomic E-state index is 13.2. The molecule has 0 bridgehead atoms. The molecule has 0 aliphatic carbocycles. The second-order valence-electron chi connectivity index (χ2n) is 7.71. The lowest BCUT2D eigenvalue weighted by molar-refractivity contribution is -0.123. The first-order chi connectivity index (χ1) is 17.0. The number of amides is 2. The molecule has 0 unspecified atom stereocenters. The lowest BCUT2D eigenvalue weighted by atomic mass is 10.1. The predicted octanol–water partition coefficient (Wildman–Crippen LogP) is 5.68. The summed E-state index contributed by atoms with van der Waals surface area (Å²) < 4.78 is 11.6. The van der Waals surface area contributed by atoms with Crippen LogP contribution in [0.1, 0.15) is 24.1 Å². The third-order valence-electron chi connectivity index (χ3n) is 5.44. The van der Waals surface area contributed by atoms with E-state index >= 15 is 0 Å². The number of carbonyl (C=O) groups is 2. The highest BCUT2D eigenvalue weighted by Gasteiger charge is 2.36. The summed E-state index contributed by atoms with van der Waals surface area (Å²) in [5, 5.41) is 2.78. The number of methoxy groups -OCH3 is 1. The van der Waals surface area contributed by atoms with Gasteiger partial charge in [0.2, 0.25) is 0 Å². The highest BCUT2D eigenvalue weighted by molar-refractivity contribution is 8.26. The van der Waals surface area contributed by atoms with Gasteiger partial charge in [0.25, 0.3) is 11.8 Å². The van der Waals surface area contributed by atoms with Crippen LogP contribution in [-0.2, 0) is 9.59 Å². The Morgan fingerprint density at radius 1 is 1.03 bits per heavy atom. The Balaban J connectivity index is 1.47. The average Bonchev–Trinajstić information content (AvgIpc) is 3.16. The van der Waals surface area contributed by atoms with Gasteiger partial charge < -0.3 is 14.8 Å². The Kier molecular flexibility index (Phi) is 7.84. The van der Waals surface area contributed by atoms with E-state index in [1.165, 1.54) is 11.8 Å². The van der Waals surface area contributed by atoms with Crippen molar-refractivity contribution in [3.8, 4) is 11.5 Å². The Bertz CT molecular complexity index is 1280. The molecule has 1 aliphatic rings. The number of nitrogens with zero attached hydrogens (tertiary/aromatic N) is 1. The lowest BCUT2D eigenvalue weighted by Crippen LogP contribution is -2.30. The van der Waals surface area contributed by atoms with Crippen molar-refractivity contribution in [2.75, 3.05) is 19.0 Å². The van der Waals surface area contributed by atoms with Crippen LogP contribution in [0.15, 0.2) is 83.8 Å². The van der Waals surface area contributed by atoms with Gasteiger partial charge in [-0.1, -0.05) is 84.6 Å². The first-order valence-electron chi connectivity index (χ1n) is 10.9. The SMILES string of the molecule is COc1ccccc1NC(=O)COc1ccccc1/C=C1\SC(=S)N([C@@H](C)c2ccccc2)C1=O. The van der Waals surface area contributed by atoms with Gasteiger partial charge in [-0.15, -0.1) is 0 Å². The molecule has 1 saturated heterocycles. The van der Waals surface area contributed by atoms with E-state index in [2.05, 4.69) is 5.32 Å². The Labute approximate surface area is 213 Å². The summed E-state index contributed by atoms with van der Waals surface area (Å²) >= 11 is 6.78. The number of rotatable bonds is 8. The van der Waals surface area contributed by atoms with Gasteiger partial charge in [0.1, 0.15) is 15.8 Å². The minimum absolute atomic E-state index is 0.153. The zero-order chi connectivity index (χ0) is 24.8. The molecule has 35 heavy (non-hydrogen) atoms. The number of carbonyl (C=O) groups excluding carboxylic acids is 2. The number of nitrogens with one attached hydrogen (secondary N) is 1. The summed E-state index contributed by atoms with van der Waals surface area (Å²) in [4.78, 5) is 27.8. The summed E-state index contributed by atoms with van der Waals surface area (Å²) in [6.45, 7) is 1.76. The highest BCUT2D eigenvalue weighted by atomic mass is 32.2. The summed E-state index contributed by atoms with van der Waals surface area (Å²) in [5.74, 6) is 0.574. The molecule has 1 fully saturated rings. The third kappa shape index (κ3) is 5.72. The van der Waals surface area contributed by atoms with Crippen molar-refractivity contribution in [1.82, 2.24) is 4.90 Å². The van der Waals surface area contributed by atoms with Gasteiger partial charge in [0.15, 0.2) is 6.61 Å². The van der Waals surface area contributed by atoms with Crippen LogP contribution in [0.2, 0.25) is 0 Å². The summed E-state index contributed by atoms with van der Waals surface area (Å²) in [5.41, 5.74) is 2.26. The topological polar surface area (TPSA) is 67.9 Å². The number of benzene rings is 3. The van der Waals surface area contributed by atoms with Gasteiger partial charge in [-0.3, -0.25) is 14.5 Å². The molecule has 6 nitrogen and oxygen atoms in total. The molecule has 0 aromatic heterocycles. The normalized spacial score (nSPS) is 15.3. The number of thioether (sulfide) groups is 1. The molecular formula is C27H24N2O4S2. The van der Waals surface area contributed by atoms with Crippen LogP contribution in [-0.4, -0.2) is 34.8 Å². The van der Waals surface area contributed by atoms with Crippen LogP contribution in [0.5, 0.6) is 11.5 Å². The van der Waals surface area contributed by atoms with E-state index in [4.69, 9.17) is 21.7 Å². The largest absolute Gasteiger partial charge is 0.495 e. The van der Waals surface area contributed by atoms with Crippen LogP contribution >= 0.6 is 24.0 Å². The molecule has 0 saturated carbocycles. The van der Waals surface area contributed by atoms with Crippen molar-refractivity contribution < 1.29 is 19.1 Å². The first kappa shape index (κ1) is 24.5. The molecule has 1 aliphatic heterocycles. The molecule has 1 N–H and O–H groups in total. The van der Waals surface area contributed by atoms with E-state index in [-0.39, 0.29) is 24.5 Å². The summed E-state index contributed by atoms with van der Waals surface area (Å²) in [7, 11) is 1.54. The van der Waals surface area contributed by atoms with Gasteiger partial charge in [-0.05, 0) is 36.8 Å². The number of ether oxygens (including phenoxy) is 2. The maximum Gasteiger partial charge on any atom is 0.266 e. The second kappa shape index (κ2) is 11.2. The molecule has 3 aromatic rings. The number of hydrogen-bond donors (Lipinski definition) is 1. The van der Waals surface area contributed by atoms with Crippen molar-refractivity contribution in [2.24, 2.45) is 0 Å². The molecule has 4 rings (SSSR count). The smallest absolute Gasteiger partial charge is 0.266 e. The van der Waals surface area contributed by atoms with Gasteiger partial charge in [0, 0.05) is 5.56 Å². The average molecular weight is 505 g/mol. The molecule has 8 heteroatoms. The Hall–Kier alpha value is -3.62. The monoisotopic (exact) mass is 504 g/mol. The predicted molar refractivity (Wildman–Crippen MR) is 143 cm³/mol. The van der Waals surface area contributed by atoms with Crippen molar-refractivity contribution in [3.05, 3.63) is 94.9 Å². The van der Waals surface area contributed by atoms with Crippen LogP contribution in [0.3, 0.4) is 0 Å². The van der Waals surface area contributed by atoms with Crippen LogP contribution in [0.25, 0.3) is 6.08 Å². The first-order valence-corrected chi connectivity index (χ1v) is 12.2. The maximum absolute atomic E-state index is 13.2. The van der Waals surface area contributed by atoms with Crippen molar-refractivity contribution >= 4 is 51.9 Å². The minimum Gasteiger partial charge on any atom is -0.495 e. The fourth-order valence-electron chi connectivity index (χ4n) is 3.64. The van der Waals surface area contributed by atoms with E-state index in [0.29, 0.717) is 32.0 Å². The Morgan fingerprint density at radius 3 is 2.43 bits per heavy atom.